The molecule has 11 nitrogen and oxygen atoms in total. The van der Waals surface area contributed by atoms with Gasteiger partial charge in [0.2, 0.25) is 11.8 Å². The Kier molecular flexibility index (Phi) is 8.73. The number of piperidine rings is 3. The molecule has 3 aromatic carbocycles. The lowest BCUT2D eigenvalue weighted by Gasteiger charge is -2.40. The van der Waals surface area contributed by atoms with Gasteiger partial charge in [0.1, 0.15) is 6.04 Å². The van der Waals surface area contributed by atoms with Gasteiger partial charge in [0, 0.05) is 59.3 Å². The number of carbonyl (C=O) groups is 5. The minimum absolute atomic E-state index is 0.0465. The minimum atomic E-state index is -0.959. The predicted octanol–water partition coefficient (Wildman–Crippen LogP) is 5.97. The van der Waals surface area contributed by atoms with Crippen molar-refractivity contribution in [3.63, 3.8) is 0 Å². The number of nitrogens with zero attached hydrogens (tertiary/aromatic N) is 4. The first-order valence-electron chi connectivity index (χ1n) is 20.1. The lowest BCUT2D eigenvalue weighted by Crippen LogP contribution is -2.54. The summed E-state index contributed by atoms with van der Waals surface area (Å²) in [5.74, 6) is -0.974. The zero-order valence-electron chi connectivity index (χ0n) is 32.2. The number of aryl methyl sites for hydroxylation is 1. The monoisotopic (exact) mass is 750 g/mol. The van der Waals surface area contributed by atoms with Gasteiger partial charge in [-0.25, -0.2) is 0 Å². The average Bonchev–Trinajstić information content (AvgIpc) is 3.72. The van der Waals surface area contributed by atoms with Crippen molar-refractivity contribution in [1.82, 2.24) is 20.1 Å². The van der Waals surface area contributed by atoms with Crippen LogP contribution in [0.5, 0.6) is 0 Å². The summed E-state index contributed by atoms with van der Waals surface area (Å²) in [7, 11) is 0. The predicted molar refractivity (Wildman–Crippen MR) is 211 cm³/mol. The molecule has 11 heteroatoms. The van der Waals surface area contributed by atoms with Crippen molar-refractivity contribution < 1.29 is 24.0 Å². The van der Waals surface area contributed by atoms with Gasteiger partial charge >= 0.3 is 0 Å². The summed E-state index contributed by atoms with van der Waals surface area (Å²) in [6.45, 7) is 11.5. The van der Waals surface area contributed by atoms with E-state index in [1.165, 1.54) is 11.3 Å². The Morgan fingerprint density at radius 1 is 0.839 bits per heavy atom. The van der Waals surface area contributed by atoms with Gasteiger partial charge in [-0.3, -0.25) is 34.2 Å². The van der Waals surface area contributed by atoms with Crippen LogP contribution in [0.25, 0.3) is 10.9 Å². The highest BCUT2D eigenvalue weighted by atomic mass is 16.2. The number of anilines is 1. The lowest BCUT2D eigenvalue weighted by atomic mass is 9.70. The molecular formula is C45H46N6O5. The number of aromatic nitrogens is 1. The Balaban J connectivity index is 0.835. The second-order valence-corrected chi connectivity index (χ2v) is 16.8. The van der Waals surface area contributed by atoms with Crippen LogP contribution in [0.1, 0.15) is 130 Å². The standard InChI is InChI=1S/C45H46N6O5/c1-4-27-20-33-34(45(2,3)41-39(40(33)53)31-7-5-26(23-46)19-35(31)47-41)22-37(27)50-17-11-25(12-18-50)24-49-15-13-28(14-16-49)29-6-8-30-32(21-29)44(56)51(43(30)55)36-9-10-38(52)48-42(36)54/h5-8,19-22,25,28,36,47H,4,9-18,24H2,1-3H3,(H,48,52,54). The number of fused-ring (bicyclic) bond motifs is 5. The van der Waals surface area contributed by atoms with Crippen LogP contribution in [0, 0.1) is 17.2 Å². The van der Waals surface area contributed by atoms with Crippen molar-refractivity contribution in [2.75, 3.05) is 37.6 Å². The number of benzene rings is 3. The molecule has 4 aromatic rings. The molecule has 1 aromatic heterocycles. The maximum atomic E-state index is 14.1. The molecular weight excluding hydrogens is 705 g/mol. The maximum absolute atomic E-state index is 14.1. The van der Waals surface area contributed by atoms with Crippen LogP contribution in [-0.4, -0.2) is 83.0 Å². The Bertz CT molecular complexity index is 2400. The number of hydrogen-bond acceptors (Lipinski definition) is 8. The molecule has 4 aliphatic heterocycles. The Morgan fingerprint density at radius 3 is 2.30 bits per heavy atom. The van der Waals surface area contributed by atoms with Gasteiger partial charge in [-0.15, -0.1) is 0 Å². The molecule has 5 heterocycles. The van der Waals surface area contributed by atoms with Crippen LogP contribution < -0.4 is 10.2 Å². The quantitative estimate of drug-likeness (QED) is 0.229. The zero-order chi connectivity index (χ0) is 39.0. The summed E-state index contributed by atoms with van der Waals surface area (Å²) in [5, 5.41) is 12.6. The third-order valence-electron chi connectivity index (χ3n) is 13.3. The third-order valence-corrected chi connectivity index (χ3v) is 13.3. The molecule has 3 fully saturated rings. The van der Waals surface area contributed by atoms with E-state index >= 15 is 0 Å². The second-order valence-electron chi connectivity index (χ2n) is 16.8. The Labute approximate surface area is 326 Å². The molecule has 56 heavy (non-hydrogen) atoms. The molecule has 3 saturated heterocycles. The largest absolute Gasteiger partial charge is 0.371 e. The van der Waals surface area contributed by atoms with Gasteiger partial charge < -0.3 is 14.8 Å². The molecule has 0 saturated carbocycles. The molecule has 5 aliphatic rings. The second kappa shape index (κ2) is 13.6. The number of aromatic amines is 1. The highest BCUT2D eigenvalue weighted by Gasteiger charge is 2.45. The van der Waals surface area contributed by atoms with E-state index in [0.29, 0.717) is 22.6 Å². The van der Waals surface area contributed by atoms with Gasteiger partial charge in [0.25, 0.3) is 11.8 Å². The van der Waals surface area contributed by atoms with Gasteiger partial charge in [0.05, 0.1) is 28.3 Å². The number of rotatable bonds is 6. The molecule has 4 amide bonds. The molecule has 0 radical (unpaired) electrons. The third kappa shape index (κ3) is 5.76. The lowest BCUT2D eigenvalue weighted by molar-refractivity contribution is -0.136. The topological polar surface area (TPSA) is 147 Å². The van der Waals surface area contributed by atoms with Crippen molar-refractivity contribution in [2.24, 2.45) is 5.92 Å². The molecule has 1 aliphatic carbocycles. The van der Waals surface area contributed by atoms with Crippen molar-refractivity contribution in [2.45, 2.75) is 83.1 Å². The van der Waals surface area contributed by atoms with Gasteiger partial charge in [-0.1, -0.05) is 32.9 Å². The van der Waals surface area contributed by atoms with Crippen LogP contribution in [-0.2, 0) is 21.4 Å². The smallest absolute Gasteiger partial charge is 0.262 e. The van der Waals surface area contributed by atoms with E-state index < -0.39 is 29.2 Å². The molecule has 2 N–H and O–H groups in total. The number of nitriles is 1. The summed E-state index contributed by atoms with van der Waals surface area (Å²) < 4.78 is 0. The molecule has 0 spiro atoms. The fourth-order valence-electron chi connectivity index (χ4n) is 10.1. The van der Waals surface area contributed by atoms with E-state index in [1.54, 1.807) is 12.1 Å². The molecule has 1 unspecified atom stereocenters. The van der Waals surface area contributed by atoms with Crippen LogP contribution in [0.2, 0.25) is 0 Å². The summed E-state index contributed by atoms with van der Waals surface area (Å²) in [5.41, 5.74) is 8.59. The Hall–Kier alpha value is -5.60. The number of ketones is 1. The van der Waals surface area contributed by atoms with E-state index in [4.69, 9.17) is 0 Å². The van der Waals surface area contributed by atoms with E-state index in [0.717, 1.165) is 109 Å². The summed E-state index contributed by atoms with van der Waals surface area (Å²) in [6.07, 6.45) is 5.22. The first kappa shape index (κ1) is 36.1. The Morgan fingerprint density at radius 2 is 1.59 bits per heavy atom. The van der Waals surface area contributed by atoms with Gasteiger partial charge in [-0.05, 0) is 117 Å². The van der Waals surface area contributed by atoms with Crippen LogP contribution in [0.15, 0.2) is 48.5 Å². The average molecular weight is 751 g/mol. The number of nitrogens with one attached hydrogen (secondary N) is 2. The van der Waals surface area contributed by atoms with Gasteiger partial charge in [-0.2, -0.15) is 5.26 Å². The summed E-state index contributed by atoms with van der Waals surface area (Å²) in [4.78, 5) is 74.5. The SMILES string of the molecule is CCc1cc2c(cc1N1CCC(CN3CCC(c4ccc5c(c4)C(=O)N(C4CCC(=O)NC4=O)C5=O)CC3)CC1)C(C)(C)c1[nH]c3cc(C#N)ccc3c1C2=O. The van der Waals surface area contributed by atoms with Crippen LogP contribution >= 0.6 is 0 Å². The van der Waals surface area contributed by atoms with Crippen molar-refractivity contribution in [1.29, 1.82) is 5.26 Å². The number of hydrogen-bond donors (Lipinski definition) is 2. The fourth-order valence-corrected chi connectivity index (χ4v) is 10.1. The number of likely N-dealkylation sites (tertiary alicyclic amines) is 1. The summed E-state index contributed by atoms with van der Waals surface area (Å²) in [6, 6.07) is 16.7. The number of imide groups is 2. The minimum Gasteiger partial charge on any atom is -0.371 e. The summed E-state index contributed by atoms with van der Waals surface area (Å²) >= 11 is 0. The first-order chi connectivity index (χ1) is 27.0. The number of H-pyrrole nitrogens is 1. The maximum Gasteiger partial charge on any atom is 0.262 e. The van der Waals surface area contributed by atoms with E-state index in [9.17, 15) is 29.2 Å². The van der Waals surface area contributed by atoms with E-state index in [2.05, 4.69) is 59.1 Å². The normalized spacial score (nSPS) is 21.6. The molecule has 9 rings (SSSR count). The number of carbonyl (C=O) groups excluding carboxylic acids is 5. The number of amides is 4. The highest BCUT2D eigenvalue weighted by Crippen LogP contribution is 2.46. The molecule has 1 atom stereocenters. The molecule has 286 valence electrons. The first-order valence-corrected chi connectivity index (χ1v) is 20.1. The van der Waals surface area contributed by atoms with Crippen LogP contribution in [0.3, 0.4) is 0 Å². The van der Waals surface area contributed by atoms with Crippen molar-refractivity contribution >= 4 is 46.0 Å². The van der Waals surface area contributed by atoms with Crippen molar-refractivity contribution in [3.05, 3.63) is 98.7 Å². The van der Waals surface area contributed by atoms with Crippen LogP contribution in [0.4, 0.5) is 5.69 Å². The van der Waals surface area contributed by atoms with E-state index in [1.807, 2.05) is 24.3 Å². The van der Waals surface area contributed by atoms with E-state index in [-0.39, 0.29) is 30.4 Å². The van der Waals surface area contributed by atoms with Crippen molar-refractivity contribution in [3.8, 4) is 6.07 Å². The highest BCUT2D eigenvalue weighted by molar-refractivity contribution is 6.23. The van der Waals surface area contributed by atoms with Gasteiger partial charge in [0.15, 0.2) is 5.78 Å². The zero-order valence-corrected chi connectivity index (χ0v) is 32.2. The fraction of sp³-hybridized carbons (Fsp3) is 0.422. The molecule has 0 bridgehead atoms.